The van der Waals surface area contributed by atoms with Crippen molar-refractivity contribution in [3.05, 3.63) is 20.6 Å². The third-order valence-corrected chi connectivity index (χ3v) is 5.01. The van der Waals surface area contributed by atoms with Crippen LogP contribution in [0.15, 0.2) is 15.0 Å². The molecule has 0 radical (unpaired) electrons. The van der Waals surface area contributed by atoms with Crippen LogP contribution in [0.4, 0.5) is 0 Å². The van der Waals surface area contributed by atoms with Crippen molar-refractivity contribution in [3.63, 3.8) is 0 Å². The number of phenols is 1. The van der Waals surface area contributed by atoms with Gasteiger partial charge in [0.2, 0.25) is 0 Å². The second kappa shape index (κ2) is 6.78. The van der Waals surface area contributed by atoms with Crippen molar-refractivity contribution in [1.29, 1.82) is 0 Å². The van der Waals surface area contributed by atoms with E-state index < -0.39 is 0 Å². The zero-order valence-corrected chi connectivity index (χ0v) is 14.0. The summed E-state index contributed by atoms with van der Waals surface area (Å²) in [5, 5.41) is 9.86. The number of benzene rings is 1. The highest BCUT2D eigenvalue weighted by atomic mass is 79.9. The Morgan fingerprint density at radius 1 is 1.28 bits per heavy atom. The van der Waals surface area contributed by atoms with Gasteiger partial charge >= 0.3 is 0 Å². The average molecular weight is 381 g/mol. The van der Waals surface area contributed by atoms with Gasteiger partial charge < -0.3 is 15.6 Å². The van der Waals surface area contributed by atoms with Gasteiger partial charge in [0.25, 0.3) is 0 Å². The second-order valence-electron chi connectivity index (χ2n) is 4.72. The quantitative estimate of drug-likeness (QED) is 0.797. The SMILES string of the molecule is COc1cc([C@@H](N)CCC(C)C)c(Br)c(Br)c1O. The smallest absolute Gasteiger partial charge is 0.173 e. The number of nitrogens with two attached hydrogens (primary N) is 1. The first-order valence-corrected chi connectivity index (χ1v) is 7.47. The van der Waals surface area contributed by atoms with Crippen LogP contribution in [0.25, 0.3) is 0 Å². The molecule has 0 aliphatic carbocycles. The van der Waals surface area contributed by atoms with Crippen molar-refractivity contribution < 1.29 is 9.84 Å². The molecule has 0 unspecified atom stereocenters. The lowest BCUT2D eigenvalue weighted by Gasteiger charge is -2.18. The Labute approximate surface area is 125 Å². The minimum atomic E-state index is -0.0763. The van der Waals surface area contributed by atoms with E-state index in [2.05, 4.69) is 45.7 Å². The van der Waals surface area contributed by atoms with Gasteiger partial charge in [-0.15, -0.1) is 0 Å². The van der Waals surface area contributed by atoms with Crippen molar-refractivity contribution >= 4 is 31.9 Å². The molecule has 0 fully saturated rings. The molecule has 1 rings (SSSR count). The summed E-state index contributed by atoms with van der Waals surface area (Å²) in [6.45, 7) is 4.35. The fraction of sp³-hybridized carbons (Fsp3) is 0.538. The van der Waals surface area contributed by atoms with Crippen molar-refractivity contribution in [2.75, 3.05) is 7.11 Å². The number of rotatable bonds is 5. The summed E-state index contributed by atoms with van der Waals surface area (Å²) in [5.74, 6) is 1.14. The van der Waals surface area contributed by atoms with Crippen LogP contribution in [0.2, 0.25) is 0 Å². The van der Waals surface area contributed by atoms with Crippen molar-refractivity contribution in [3.8, 4) is 11.5 Å². The first-order chi connectivity index (χ1) is 8.38. The number of phenolic OH excluding ortho intramolecular Hbond substituents is 1. The van der Waals surface area contributed by atoms with Gasteiger partial charge in [-0.1, -0.05) is 13.8 Å². The molecule has 0 saturated carbocycles. The largest absolute Gasteiger partial charge is 0.503 e. The summed E-state index contributed by atoms with van der Waals surface area (Å²) >= 11 is 6.80. The Hall–Kier alpha value is -0.260. The first-order valence-electron chi connectivity index (χ1n) is 5.88. The van der Waals surface area contributed by atoms with E-state index in [1.54, 1.807) is 6.07 Å². The average Bonchev–Trinajstić information content (AvgIpc) is 2.33. The fourth-order valence-corrected chi connectivity index (χ4v) is 2.73. The van der Waals surface area contributed by atoms with E-state index in [0.29, 0.717) is 16.1 Å². The van der Waals surface area contributed by atoms with Crippen molar-refractivity contribution in [2.45, 2.75) is 32.7 Å². The summed E-state index contributed by atoms with van der Waals surface area (Å²) in [6, 6.07) is 1.71. The molecular formula is C13H19Br2NO2. The summed E-state index contributed by atoms with van der Waals surface area (Å²) in [5.41, 5.74) is 7.14. The Kier molecular flexibility index (Phi) is 5.95. The minimum absolute atomic E-state index is 0.0763. The molecule has 3 nitrogen and oxygen atoms in total. The summed E-state index contributed by atoms with van der Waals surface area (Å²) in [4.78, 5) is 0. The lowest BCUT2D eigenvalue weighted by molar-refractivity contribution is 0.370. The normalized spacial score (nSPS) is 12.8. The molecule has 0 spiro atoms. The number of aromatic hydroxyl groups is 1. The number of methoxy groups -OCH3 is 1. The van der Waals surface area contributed by atoms with Crippen LogP contribution < -0.4 is 10.5 Å². The van der Waals surface area contributed by atoms with Gasteiger partial charge in [-0.3, -0.25) is 0 Å². The molecular weight excluding hydrogens is 362 g/mol. The molecule has 0 amide bonds. The maximum atomic E-state index is 9.86. The Morgan fingerprint density at radius 3 is 2.39 bits per heavy atom. The number of hydrogen-bond acceptors (Lipinski definition) is 3. The Morgan fingerprint density at radius 2 is 1.89 bits per heavy atom. The van der Waals surface area contributed by atoms with Gasteiger partial charge in [0.05, 0.1) is 11.6 Å². The zero-order valence-electron chi connectivity index (χ0n) is 10.8. The van der Waals surface area contributed by atoms with Crippen LogP contribution in [0.3, 0.4) is 0 Å². The number of halogens is 2. The standard InChI is InChI=1S/C13H19Br2NO2/c1-7(2)4-5-9(16)8-6-10(18-3)13(17)12(15)11(8)14/h6-7,9,17H,4-5,16H2,1-3H3/t9-/m0/s1. The van der Waals surface area contributed by atoms with Crippen LogP contribution in [0.5, 0.6) is 11.5 Å². The summed E-state index contributed by atoms with van der Waals surface area (Å²) in [6.07, 6.45) is 1.96. The molecule has 18 heavy (non-hydrogen) atoms. The van der Waals surface area contributed by atoms with Gasteiger partial charge in [-0.2, -0.15) is 0 Å². The van der Waals surface area contributed by atoms with E-state index in [4.69, 9.17) is 10.5 Å². The van der Waals surface area contributed by atoms with Gasteiger partial charge in [0, 0.05) is 10.5 Å². The van der Waals surface area contributed by atoms with E-state index in [0.717, 1.165) is 22.9 Å². The summed E-state index contributed by atoms with van der Waals surface area (Å²) < 4.78 is 6.51. The molecule has 3 N–H and O–H groups in total. The fourth-order valence-electron chi connectivity index (χ4n) is 1.71. The summed E-state index contributed by atoms with van der Waals surface area (Å²) in [7, 11) is 1.53. The van der Waals surface area contributed by atoms with E-state index in [1.807, 2.05) is 0 Å². The highest BCUT2D eigenvalue weighted by Gasteiger charge is 2.19. The van der Waals surface area contributed by atoms with Crippen LogP contribution in [-0.2, 0) is 0 Å². The number of hydrogen-bond donors (Lipinski definition) is 2. The zero-order chi connectivity index (χ0) is 13.9. The molecule has 0 aliphatic heterocycles. The molecule has 1 aromatic rings. The van der Waals surface area contributed by atoms with Crippen LogP contribution in [0.1, 0.15) is 38.3 Å². The van der Waals surface area contributed by atoms with Gasteiger partial charge in [0.15, 0.2) is 11.5 Å². The molecule has 102 valence electrons. The van der Waals surface area contributed by atoms with Crippen molar-refractivity contribution in [1.82, 2.24) is 0 Å². The molecule has 0 aliphatic rings. The number of ether oxygens (including phenoxy) is 1. The molecule has 1 aromatic carbocycles. The second-order valence-corrected chi connectivity index (χ2v) is 6.31. The van der Waals surface area contributed by atoms with Crippen LogP contribution >= 0.6 is 31.9 Å². The maximum Gasteiger partial charge on any atom is 0.173 e. The van der Waals surface area contributed by atoms with Crippen LogP contribution in [0, 0.1) is 5.92 Å². The Balaban J connectivity index is 3.04. The molecule has 5 heteroatoms. The van der Waals surface area contributed by atoms with E-state index >= 15 is 0 Å². The van der Waals surface area contributed by atoms with E-state index in [9.17, 15) is 5.11 Å². The predicted molar refractivity (Wildman–Crippen MR) is 81.1 cm³/mol. The van der Waals surface area contributed by atoms with E-state index in [1.165, 1.54) is 7.11 Å². The van der Waals surface area contributed by atoms with Crippen LogP contribution in [-0.4, -0.2) is 12.2 Å². The molecule has 0 saturated heterocycles. The monoisotopic (exact) mass is 379 g/mol. The van der Waals surface area contributed by atoms with Crippen molar-refractivity contribution in [2.24, 2.45) is 11.7 Å². The molecule has 0 aromatic heterocycles. The van der Waals surface area contributed by atoms with Gasteiger partial charge in [0.1, 0.15) is 0 Å². The molecule has 0 heterocycles. The lowest BCUT2D eigenvalue weighted by atomic mass is 9.98. The van der Waals surface area contributed by atoms with Gasteiger partial charge in [-0.25, -0.2) is 0 Å². The topological polar surface area (TPSA) is 55.5 Å². The van der Waals surface area contributed by atoms with E-state index in [-0.39, 0.29) is 11.8 Å². The molecule has 0 bridgehead atoms. The third-order valence-electron chi connectivity index (χ3n) is 2.85. The third kappa shape index (κ3) is 3.62. The lowest BCUT2D eigenvalue weighted by Crippen LogP contribution is -2.12. The Bertz CT molecular complexity index is 422. The van der Waals surface area contributed by atoms with Gasteiger partial charge in [-0.05, 0) is 62.2 Å². The molecule has 1 atom stereocenters. The predicted octanol–water partition coefficient (Wildman–Crippen LogP) is 4.36. The minimum Gasteiger partial charge on any atom is -0.503 e. The first kappa shape index (κ1) is 15.8. The maximum absolute atomic E-state index is 9.86. The highest BCUT2D eigenvalue weighted by Crippen LogP contribution is 2.43. The highest BCUT2D eigenvalue weighted by molar-refractivity contribution is 9.13.